The number of para-hydroxylation sites is 1. The fourth-order valence-corrected chi connectivity index (χ4v) is 3.46. The van der Waals surface area contributed by atoms with Gasteiger partial charge in [0, 0.05) is 36.3 Å². The summed E-state index contributed by atoms with van der Waals surface area (Å²) in [7, 11) is 0. The number of allylic oxidation sites excluding steroid dienone is 1. The number of nitrogens with zero attached hydrogens (tertiary/aromatic N) is 1. The first kappa shape index (κ1) is 14.8. The van der Waals surface area contributed by atoms with Crippen LogP contribution in [0.15, 0.2) is 73.1 Å². The molecule has 1 aliphatic heterocycles. The van der Waals surface area contributed by atoms with Gasteiger partial charge in [0.1, 0.15) is 0 Å². The molecule has 0 radical (unpaired) electrons. The Labute approximate surface area is 141 Å². The highest BCUT2D eigenvalue weighted by Crippen LogP contribution is 2.29. The van der Waals surface area contributed by atoms with Crippen LogP contribution in [0.2, 0.25) is 0 Å². The molecule has 24 heavy (non-hydrogen) atoms. The molecule has 0 saturated heterocycles. The van der Waals surface area contributed by atoms with Crippen molar-refractivity contribution in [2.75, 3.05) is 6.54 Å². The Hall–Kier alpha value is -2.81. The third-order valence-corrected chi connectivity index (χ3v) is 4.75. The Bertz CT molecular complexity index is 879. The minimum atomic E-state index is 0.133. The summed E-state index contributed by atoms with van der Waals surface area (Å²) in [6.45, 7) is 0.894. The van der Waals surface area contributed by atoms with Crippen LogP contribution in [0.4, 0.5) is 0 Å². The van der Waals surface area contributed by atoms with Crippen LogP contribution >= 0.6 is 0 Å². The van der Waals surface area contributed by atoms with Crippen molar-refractivity contribution >= 4 is 16.7 Å². The summed E-state index contributed by atoms with van der Waals surface area (Å²) in [5.74, 6) is 0.201. The van der Waals surface area contributed by atoms with Crippen LogP contribution in [-0.4, -0.2) is 22.2 Å². The topological polar surface area (TPSA) is 36.1 Å². The lowest BCUT2D eigenvalue weighted by Gasteiger charge is -2.33. The molecule has 2 heterocycles. The number of ketones is 1. The molecule has 0 bridgehead atoms. The second kappa shape index (κ2) is 6.36. The molecule has 3 heteroatoms. The van der Waals surface area contributed by atoms with Crippen molar-refractivity contribution in [2.45, 2.75) is 18.9 Å². The zero-order valence-electron chi connectivity index (χ0n) is 13.5. The molecular formula is C21H20N2O. The van der Waals surface area contributed by atoms with Crippen LogP contribution < -0.4 is 0 Å². The standard InChI is InChI=1S/C21H20N2O/c24-18-11-13-23(21(14-18)16-6-2-1-3-7-16)12-10-17-15-22-20-9-5-4-8-19(17)20/h1-9,11,13,15,21-22H,10,12,14H2. The predicted molar refractivity (Wildman–Crippen MR) is 96.7 cm³/mol. The van der Waals surface area contributed by atoms with Gasteiger partial charge in [-0.05, 0) is 29.7 Å². The quantitative estimate of drug-likeness (QED) is 0.781. The molecule has 1 aromatic heterocycles. The number of aromatic nitrogens is 1. The van der Waals surface area contributed by atoms with Gasteiger partial charge in [0.2, 0.25) is 0 Å². The van der Waals surface area contributed by atoms with Gasteiger partial charge in [0.15, 0.2) is 5.78 Å². The van der Waals surface area contributed by atoms with Crippen molar-refractivity contribution < 1.29 is 4.79 Å². The fraction of sp³-hybridized carbons (Fsp3) is 0.190. The Balaban J connectivity index is 1.55. The van der Waals surface area contributed by atoms with Gasteiger partial charge >= 0.3 is 0 Å². The van der Waals surface area contributed by atoms with E-state index in [0.717, 1.165) is 13.0 Å². The van der Waals surface area contributed by atoms with Crippen LogP contribution in [0.3, 0.4) is 0 Å². The van der Waals surface area contributed by atoms with Crippen LogP contribution in [0.5, 0.6) is 0 Å². The number of aromatic amines is 1. The summed E-state index contributed by atoms with van der Waals surface area (Å²) in [4.78, 5) is 17.5. The lowest BCUT2D eigenvalue weighted by atomic mass is 9.97. The maximum absolute atomic E-state index is 11.9. The van der Waals surface area contributed by atoms with Gasteiger partial charge in [0.05, 0.1) is 6.04 Å². The maximum atomic E-state index is 11.9. The molecule has 3 nitrogen and oxygen atoms in total. The minimum absolute atomic E-state index is 0.133. The smallest absolute Gasteiger partial charge is 0.159 e. The first-order chi connectivity index (χ1) is 11.8. The Kier molecular flexibility index (Phi) is 3.91. The van der Waals surface area contributed by atoms with E-state index in [4.69, 9.17) is 0 Å². The first-order valence-electron chi connectivity index (χ1n) is 8.38. The molecular weight excluding hydrogens is 296 g/mol. The molecule has 2 aromatic carbocycles. The molecule has 120 valence electrons. The second-order valence-electron chi connectivity index (χ2n) is 6.26. The number of rotatable bonds is 4. The van der Waals surface area contributed by atoms with E-state index < -0.39 is 0 Å². The molecule has 1 unspecified atom stereocenters. The average molecular weight is 316 g/mol. The van der Waals surface area contributed by atoms with E-state index in [1.165, 1.54) is 22.0 Å². The van der Waals surface area contributed by atoms with Gasteiger partial charge in [-0.15, -0.1) is 0 Å². The van der Waals surface area contributed by atoms with E-state index in [1.807, 2.05) is 30.5 Å². The number of fused-ring (bicyclic) bond motifs is 1. The van der Waals surface area contributed by atoms with Gasteiger partial charge in [-0.25, -0.2) is 0 Å². The number of nitrogens with one attached hydrogen (secondary N) is 1. The summed E-state index contributed by atoms with van der Waals surface area (Å²) in [6.07, 6.45) is 7.26. The minimum Gasteiger partial charge on any atom is -0.369 e. The van der Waals surface area contributed by atoms with Crippen molar-refractivity contribution in [1.82, 2.24) is 9.88 Å². The van der Waals surface area contributed by atoms with Gasteiger partial charge in [-0.1, -0.05) is 48.5 Å². The van der Waals surface area contributed by atoms with Crippen LogP contribution in [0, 0.1) is 0 Å². The molecule has 4 rings (SSSR count). The average Bonchev–Trinajstić information content (AvgIpc) is 3.05. The molecule has 1 aliphatic rings. The third kappa shape index (κ3) is 2.85. The predicted octanol–water partition coefficient (Wildman–Crippen LogP) is 4.24. The molecule has 0 aliphatic carbocycles. The van der Waals surface area contributed by atoms with Crippen molar-refractivity contribution in [3.05, 3.63) is 84.2 Å². The summed E-state index contributed by atoms with van der Waals surface area (Å²) in [5.41, 5.74) is 3.70. The van der Waals surface area contributed by atoms with Crippen LogP contribution in [-0.2, 0) is 11.2 Å². The normalized spacial score (nSPS) is 17.6. The van der Waals surface area contributed by atoms with E-state index in [2.05, 4.69) is 46.4 Å². The zero-order valence-corrected chi connectivity index (χ0v) is 13.5. The third-order valence-electron chi connectivity index (χ3n) is 4.75. The summed E-state index contributed by atoms with van der Waals surface area (Å²) >= 11 is 0. The molecule has 0 amide bonds. The zero-order chi connectivity index (χ0) is 16.4. The van der Waals surface area contributed by atoms with E-state index in [0.29, 0.717) is 6.42 Å². The number of carbonyl (C=O) groups is 1. The Morgan fingerprint density at radius 1 is 1.04 bits per heavy atom. The fourth-order valence-electron chi connectivity index (χ4n) is 3.46. The Morgan fingerprint density at radius 3 is 2.71 bits per heavy atom. The summed E-state index contributed by atoms with van der Waals surface area (Å²) in [6, 6.07) is 18.8. The van der Waals surface area contributed by atoms with Gasteiger partial charge in [0.25, 0.3) is 0 Å². The maximum Gasteiger partial charge on any atom is 0.159 e. The van der Waals surface area contributed by atoms with Crippen LogP contribution in [0.1, 0.15) is 23.6 Å². The summed E-state index contributed by atoms with van der Waals surface area (Å²) in [5, 5.41) is 1.28. The number of hydrogen-bond acceptors (Lipinski definition) is 2. The van der Waals surface area contributed by atoms with Gasteiger partial charge < -0.3 is 9.88 Å². The molecule has 0 saturated carbocycles. The molecule has 3 aromatic rings. The number of hydrogen-bond donors (Lipinski definition) is 1. The first-order valence-corrected chi connectivity index (χ1v) is 8.38. The van der Waals surface area contributed by atoms with Gasteiger partial charge in [-0.2, -0.15) is 0 Å². The van der Waals surface area contributed by atoms with Crippen molar-refractivity contribution in [1.29, 1.82) is 0 Å². The highest BCUT2D eigenvalue weighted by Gasteiger charge is 2.23. The highest BCUT2D eigenvalue weighted by atomic mass is 16.1. The van der Waals surface area contributed by atoms with Crippen LogP contribution in [0.25, 0.3) is 10.9 Å². The van der Waals surface area contributed by atoms with Crippen molar-refractivity contribution in [3.8, 4) is 0 Å². The number of H-pyrrole nitrogens is 1. The largest absolute Gasteiger partial charge is 0.369 e. The Morgan fingerprint density at radius 2 is 1.83 bits per heavy atom. The van der Waals surface area contributed by atoms with Crippen molar-refractivity contribution in [3.63, 3.8) is 0 Å². The van der Waals surface area contributed by atoms with E-state index in [9.17, 15) is 4.79 Å². The van der Waals surface area contributed by atoms with E-state index in [-0.39, 0.29) is 11.8 Å². The molecule has 0 fully saturated rings. The number of benzene rings is 2. The molecule has 0 spiro atoms. The van der Waals surface area contributed by atoms with Gasteiger partial charge in [-0.3, -0.25) is 4.79 Å². The molecule has 1 atom stereocenters. The monoisotopic (exact) mass is 316 g/mol. The van der Waals surface area contributed by atoms with E-state index in [1.54, 1.807) is 6.08 Å². The second-order valence-corrected chi connectivity index (χ2v) is 6.26. The lowest BCUT2D eigenvalue weighted by molar-refractivity contribution is -0.116. The van der Waals surface area contributed by atoms with Crippen molar-refractivity contribution in [2.24, 2.45) is 0 Å². The number of carbonyl (C=O) groups excluding carboxylic acids is 1. The lowest BCUT2D eigenvalue weighted by Crippen LogP contribution is -2.30. The summed E-state index contributed by atoms with van der Waals surface area (Å²) < 4.78 is 0. The molecule has 1 N–H and O–H groups in total. The SMILES string of the molecule is O=C1C=CN(CCc2c[nH]c3ccccc23)C(c2ccccc2)C1. The highest BCUT2D eigenvalue weighted by molar-refractivity contribution is 5.91. The van der Waals surface area contributed by atoms with E-state index >= 15 is 0 Å².